The van der Waals surface area contributed by atoms with Crippen molar-refractivity contribution in [3.63, 3.8) is 0 Å². The molecule has 28 heavy (non-hydrogen) atoms. The van der Waals surface area contributed by atoms with E-state index >= 15 is 0 Å². The Morgan fingerprint density at radius 1 is 1.25 bits per heavy atom. The van der Waals surface area contributed by atoms with Crippen LogP contribution < -0.4 is 15.0 Å². The summed E-state index contributed by atoms with van der Waals surface area (Å²) in [6, 6.07) is 15.3. The van der Waals surface area contributed by atoms with Gasteiger partial charge in [-0.1, -0.05) is 18.2 Å². The number of hydrogen-bond acceptors (Lipinski definition) is 6. The molecule has 0 radical (unpaired) electrons. The van der Waals surface area contributed by atoms with Gasteiger partial charge in [-0.2, -0.15) is 0 Å². The summed E-state index contributed by atoms with van der Waals surface area (Å²) in [5, 5.41) is 14.2. The van der Waals surface area contributed by atoms with Crippen LogP contribution in [0.2, 0.25) is 0 Å². The first-order valence-electron chi connectivity index (χ1n) is 9.24. The molecule has 1 unspecified atom stereocenters. The van der Waals surface area contributed by atoms with Crippen LogP contribution in [-0.2, 0) is 0 Å². The van der Waals surface area contributed by atoms with Gasteiger partial charge in [-0.05, 0) is 53.1 Å². The van der Waals surface area contributed by atoms with Gasteiger partial charge in [-0.3, -0.25) is 4.79 Å². The molecule has 144 valence electrons. The molecule has 2 aromatic carbocycles. The van der Waals surface area contributed by atoms with Crippen molar-refractivity contribution in [1.82, 2.24) is 25.5 Å². The summed E-state index contributed by atoms with van der Waals surface area (Å²) in [5.74, 6) is 1.19. The standard InChI is InChI=1S/C20H22N6O2/c1-28-19-8-3-2-7-18(19)25-10-9-15(13-25)12-21-20(27)16-5-4-6-17(11-16)26-14-22-23-24-26/h2-8,11,14-15H,9-10,12-13H2,1H3,(H,21,27). The summed E-state index contributed by atoms with van der Waals surface area (Å²) < 4.78 is 6.99. The van der Waals surface area contributed by atoms with Gasteiger partial charge in [0.2, 0.25) is 0 Å². The zero-order chi connectivity index (χ0) is 19.3. The molecule has 1 N–H and O–H groups in total. The van der Waals surface area contributed by atoms with Gasteiger partial charge in [-0.25, -0.2) is 4.68 Å². The number of nitrogens with zero attached hydrogens (tertiary/aromatic N) is 5. The molecule has 2 heterocycles. The fourth-order valence-electron chi connectivity index (χ4n) is 3.52. The highest BCUT2D eigenvalue weighted by molar-refractivity contribution is 5.94. The Balaban J connectivity index is 1.35. The average Bonchev–Trinajstić information content (AvgIpc) is 3.44. The number of amides is 1. The Morgan fingerprint density at radius 3 is 2.96 bits per heavy atom. The van der Waals surface area contributed by atoms with Crippen molar-refractivity contribution in [1.29, 1.82) is 0 Å². The molecular formula is C20H22N6O2. The van der Waals surface area contributed by atoms with Gasteiger partial charge >= 0.3 is 0 Å². The van der Waals surface area contributed by atoms with E-state index in [-0.39, 0.29) is 5.91 Å². The van der Waals surface area contributed by atoms with Crippen molar-refractivity contribution in [2.24, 2.45) is 5.92 Å². The van der Waals surface area contributed by atoms with E-state index in [1.807, 2.05) is 30.3 Å². The Hall–Kier alpha value is -3.42. The lowest BCUT2D eigenvalue weighted by Gasteiger charge is -2.21. The molecule has 0 aliphatic carbocycles. The Morgan fingerprint density at radius 2 is 2.14 bits per heavy atom. The molecule has 1 amide bonds. The molecule has 4 rings (SSSR count). The van der Waals surface area contributed by atoms with E-state index in [2.05, 4.69) is 31.8 Å². The molecule has 1 aliphatic heterocycles. The number of methoxy groups -OCH3 is 1. The van der Waals surface area contributed by atoms with Crippen molar-refractivity contribution >= 4 is 11.6 Å². The van der Waals surface area contributed by atoms with Gasteiger partial charge in [0.25, 0.3) is 5.91 Å². The molecule has 1 saturated heterocycles. The van der Waals surface area contributed by atoms with Gasteiger partial charge in [0.1, 0.15) is 12.1 Å². The summed E-state index contributed by atoms with van der Waals surface area (Å²) in [4.78, 5) is 14.9. The van der Waals surface area contributed by atoms with Crippen molar-refractivity contribution in [2.75, 3.05) is 31.6 Å². The van der Waals surface area contributed by atoms with Crippen LogP contribution in [0.3, 0.4) is 0 Å². The minimum absolute atomic E-state index is 0.0920. The van der Waals surface area contributed by atoms with Crippen molar-refractivity contribution in [3.05, 3.63) is 60.4 Å². The Labute approximate surface area is 163 Å². The van der Waals surface area contributed by atoms with Crippen LogP contribution in [0.25, 0.3) is 5.69 Å². The third kappa shape index (κ3) is 3.80. The number of anilines is 1. The van der Waals surface area contributed by atoms with E-state index in [4.69, 9.17) is 4.74 Å². The lowest BCUT2D eigenvalue weighted by atomic mass is 10.1. The fraction of sp³-hybridized carbons (Fsp3) is 0.300. The van der Waals surface area contributed by atoms with Crippen LogP contribution in [0.1, 0.15) is 16.8 Å². The number of carbonyl (C=O) groups is 1. The number of tetrazole rings is 1. The summed E-state index contributed by atoms with van der Waals surface area (Å²) in [5.41, 5.74) is 2.45. The smallest absolute Gasteiger partial charge is 0.251 e. The first kappa shape index (κ1) is 18.0. The van der Waals surface area contributed by atoms with Crippen LogP contribution >= 0.6 is 0 Å². The van der Waals surface area contributed by atoms with Gasteiger partial charge in [-0.15, -0.1) is 5.10 Å². The third-order valence-electron chi connectivity index (χ3n) is 4.98. The van der Waals surface area contributed by atoms with E-state index in [0.717, 1.165) is 36.6 Å². The number of para-hydroxylation sites is 2. The summed E-state index contributed by atoms with van der Waals surface area (Å²) >= 11 is 0. The van der Waals surface area contributed by atoms with Gasteiger partial charge in [0, 0.05) is 25.2 Å². The number of ether oxygens (including phenoxy) is 1. The number of benzene rings is 2. The summed E-state index contributed by atoms with van der Waals surface area (Å²) in [7, 11) is 1.69. The topological polar surface area (TPSA) is 85.2 Å². The quantitative estimate of drug-likeness (QED) is 0.705. The molecule has 1 aromatic heterocycles. The Bertz CT molecular complexity index is 943. The van der Waals surface area contributed by atoms with E-state index in [1.54, 1.807) is 19.2 Å². The minimum Gasteiger partial charge on any atom is -0.495 e. The lowest BCUT2D eigenvalue weighted by Crippen LogP contribution is -2.31. The largest absolute Gasteiger partial charge is 0.495 e. The maximum atomic E-state index is 12.6. The monoisotopic (exact) mass is 378 g/mol. The molecule has 8 heteroatoms. The first-order chi connectivity index (χ1) is 13.7. The summed E-state index contributed by atoms with van der Waals surface area (Å²) in [6.45, 7) is 2.49. The maximum absolute atomic E-state index is 12.6. The molecule has 1 atom stereocenters. The first-order valence-corrected chi connectivity index (χ1v) is 9.24. The molecule has 1 aliphatic rings. The van der Waals surface area contributed by atoms with Gasteiger partial charge in [0.05, 0.1) is 18.5 Å². The Kier molecular flexibility index (Phi) is 5.18. The highest BCUT2D eigenvalue weighted by atomic mass is 16.5. The van der Waals surface area contributed by atoms with Crippen molar-refractivity contribution in [3.8, 4) is 11.4 Å². The zero-order valence-corrected chi connectivity index (χ0v) is 15.7. The molecule has 8 nitrogen and oxygen atoms in total. The fourth-order valence-corrected chi connectivity index (χ4v) is 3.52. The number of rotatable bonds is 6. The van der Waals surface area contributed by atoms with E-state index in [1.165, 1.54) is 11.0 Å². The van der Waals surface area contributed by atoms with E-state index in [0.29, 0.717) is 18.0 Å². The van der Waals surface area contributed by atoms with E-state index in [9.17, 15) is 4.79 Å². The van der Waals surface area contributed by atoms with Crippen molar-refractivity contribution < 1.29 is 9.53 Å². The molecule has 3 aromatic rings. The second-order valence-electron chi connectivity index (χ2n) is 6.79. The number of nitrogens with one attached hydrogen (secondary N) is 1. The number of carbonyl (C=O) groups excluding carboxylic acids is 1. The van der Waals surface area contributed by atoms with E-state index < -0.39 is 0 Å². The van der Waals surface area contributed by atoms with Crippen LogP contribution in [0.5, 0.6) is 5.75 Å². The third-order valence-corrected chi connectivity index (χ3v) is 4.98. The van der Waals surface area contributed by atoms with Crippen LogP contribution in [0.4, 0.5) is 5.69 Å². The summed E-state index contributed by atoms with van der Waals surface area (Å²) in [6.07, 6.45) is 2.53. The second-order valence-corrected chi connectivity index (χ2v) is 6.79. The number of hydrogen-bond donors (Lipinski definition) is 1. The van der Waals surface area contributed by atoms with Crippen LogP contribution in [0, 0.1) is 5.92 Å². The highest BCUT2D eigenvalue weighted by Crippen LogP contribution is 2.31. The molecule has 0 saturated carbocycles. The van der Waals surface area contributed by atoms with Gasteiger partial charge in [0.15, 0.2) is 0 Å². The SMILES string of the molecule is COc1ccccc1N1CCC(CNC(=O)c2cccc(-n3cnnn3)c2)C1. The lowest BCUT2D eigenvalue weighted by molar-refractivity contribution is 0.0948. The van der Waals surface area contributed by atoms with Crippen LogP contribution in [0.15, 0.2) is 54.9 Å². The van der Waals surface area contributed by atoms with Gasteiger partial charge < -0.3 is 15.0 Å². The zero-order valence-electron chi connectivity index (χ0n) is 15.7. The highest BCUT2D eigenvalue weighted by Gasteiger charge is 2.25. The minimum atomic E-state index is -0.0920. The molecule has 0 bridgehead atoms. The molecular weight excluding hydrogens is 356 g/mol. The molecule has 0 spiro atoms. The normalized spacial score (nSPS) is 16.2. The van der Waals surface area contributed by atoms with Crippen LogP contribution in [-0.4, -0.2) is 52.9 Å². The predicted octanol–water partition coefficient (Wildman–Crippen LogP) is 1.93. The van der Waals surface area contributed by atoms with Crippen molar-refractivity contribution in [2.45, 2.75) is 6.42 Å². The second kappa shape index (κ2) is 8.08. The molecule has 1 fully saturated rings. The number of aromatic nitrogens is 4. The predicted molar refractivity (Wildman–Crippen MR) is 105 cm³/mol. The average molecular weight is 378 g/mol. The maximum Gasteiger partial charge on any atom is 0.251 e.